The van der Waals surface area contributed by atoms with Crippen LogP contribution in [0.25, 0.3) is 0 Å². The van der Waals surface area contributed by atoms with Crippen molar-refractivity contribution in [3.05, 3.63) is 41.5 Å². The highest BCUT2D eigenvalue weighted by Crippen LogP contribution is 2.44. The molecule has 0 amide bonds. The van der Waals surface area contributed by atoms with E-state index in [1.54, 1.807) is 0 Å². The van der Waals surface area contributed by atoms with Gasteiger partial charge in [-0.15, -0.1) is 0 Å². The molecule has 0 unspecified atom stereocenters. The van der Waals surface area contributed by atoms with E-state index in [1.165, 1.54) is 38.1 Å². The number of carbonyl (C=O) groups is 1. The highest BCUT2D eigenvalue weighted by molar-refractivity contribution is 6.02. The first kappa shape index (κ1) is 47.4. The van der Waals surface area contributed by atoms with Crippen molar-refractivity contribution in [3.63, 3.8) is 0 Å². The first-order valence-electron chi connectivity index (χ1n) is 20.0. The standard InChI is InChI=1S/C39H52O24/c1-11-24(43)28(47)32(51)36(57-11)55-9-21-26(45)30(49)34(53)38(62-21)59-14-6-16(41)23-17(42)8-19(60-20(23)7-14)13-3-4-18(15(40)5-13)61-39-35(54)31(50)27(46)22(63-39)10-56-37-33(52)29(48)25(44)12(2)58-37/h3-7,11-12,19,21-22,24-41,43-54H,8-10H2,1-2H3/t11-,12+,19-,21+,22-,24-,25+,26+,27-,28+,29-,30-,31+,32+,33-,34+,35-,36+,37-,38-,39-/m0/s1. The quantitative estimate of drug-likeness (QED) is 0.100. The van der Waals surface area contributed by atoms with Gasteiger partial charge in [0.05, 0.1) is 31.8 Å². The average molecular weight is 905 g/mol. The Labute approximate surface area is 357 Å². The van der Waals surface area contributed by atoms with Crippen LogP contribution in [-0.2, 0) is 28.4 Å². The number of hydrogen-bond donors (Lipinski definition) is 14. The van der Waals surface area contributed by atoms with Crippen molar-refractivity contribution in [2.24, 2.45) is 0 Å². The number of fused-ring (bicyclic) bond motifs is 1. The molecule has 14 N–H and O–H groups in total. The van der Waals surface area contributed by atoms with Crippen LogP contribution in [0.2, 0.25) is 0 Å². The lowest BCUT2D eigenvalue weighted by molar-refractivity contribution is -0.318. The summed E-state index contributed by atoms with van der Waals surface area (Å²) < 4.78 is 50.4. The first-order chi connectivity index (χ1) is 29.7. The minimum atomic E-state index is -1.87. The molecule has 4 fully saturated rings. The van der Waals surface area contributed by atoms with E-state index in [-0.39, 0.29) is 34.8 Å². The highest BCUT2D eigenvalue weighted by Gasteiger charge is 2.49. The average Bonchev–Trinajstić information content (AvgIpc) is 3.25. The van der Waals surface area contributed by atoms with Gasteiger partial charge in [-0.25, -0.2) is 0 Å². The van der Waals surface area contributed by atoms with Gasteiger partial charge in [-0.05, 0) is 31.5 Å². The van der Waals surface area contributed by atoms with Crippen molar-refractivity contribution < 1.29 is 119 Å². The summed E-state index contributed by atoms with van der Waals surface area (Å²) >= 11 is 0. The number of benzene rings is 2. The molecule has 5 aliphatic heterocycles. The number of rotatable bonds is 11. The van der Waals surface area contributed by atoms with Crippen molar-refractivity contribution >= 4 is 5.78 Å². The normalized spacial score (nSPS) is 43.1. The van der Waals surface area contributed by atoms with E-state index in [0.29, 0.717) is 0 Å². The second-order valence-electron chi connectivity index (χ2n) is 16.1. The fourth-order valence-corrected chi connectivity index (χ4v) is 7.75. The Morgan fingerprint density at radius 3 is 1.52 bits per heavy atom. The topological polar surface area (TPSA) is 383 Å². The maximum atomic E-state index is 13.3. The third kappa shape index (κ3) is 9.56. The van der Waals surface area contributed by atoms with Gasteiger partial charge in [0, 0.05) is 12.1 Å². The Balaban J connectivity index is 0.996. The second-order valence-corrected chi connectivity index (χ2v) is 16.1. The van der Waals surface area contributed by atoms with E-state index in [1.807, 2.05) is 0 Å². The third-order valence-corrected chi connectivity index (χ3v) is 11.6. The van der Waals surface area contributed by atoms with E-state index in [4.69, 9.17) is 42.6 Å². The molecule has 2 aromatic carbocycles. The van der Waals surface area contributed by atoms with Crippen LogP contribution in [0.4, 0.5) is 0 Å². The molecule has 352 valence electrons. The summed E-state index contributed by atoms with van der Waals surface area (Å²) in [6, 6.07) is 6.01. The van der Waals surface area contributed by atoms with Crippen molar-refractivity contribution in [2.45, 2.75) is 149 Å². The van der Waals surface area contributed by atoms with Crippen LogP contribution in [0, 0.1) is 0 Å². The zero-order valence-corrected chi connectivity index (χ0v) is 33.5. The molecule has 21 atom stereocenters. The van der Waals surface area contributed by atoms with Crippen molar-refractivity contribution in [1.82, 2.24) is 0 Å². The number of ether oxygens (including phenoxy) is 9. The molecule has 0 spiro atoms. The molecular weight excluding hydrogens is 852 g/mol. The van der Waals surface area contributed by atoms with E-state index >= 15 is 0 Å². The summed E-state index contributed by atoms with van der Waals surface area (Å²) in [5.41, 5.74) is -0.00343. The zero-order valence-electron chi connectivity index (χ0n) is 33.5. The molecule has 24 nitrogen and oxygen atoms in total. The zero-order chi connectivity index (χ0) is 45.8. The van der Waals surface area contributed by atoms with Gasteiger partial charge >= 0.3 is 0 Å². The van der Waals surface area contributed by atoms with Crippen LogP contribution in [0.15, 0.2) is 30.3 Å². The Morgan fingerprint density at radius 2 is 1.02 bits per heavy atom. The lowest BCUT2D eigenvalue weighted by Crippen LogP contribution is -2.61. The van der Waals surface area contributed by atoms with Crippen LogP contribution in [0.1, 0.15) is 42.3 Å². The van der Waals surface area contributed by atoms with Gasteiger partial charge in [0.1, 0.15) is 114 Å². The van der Waals surface area contributed by atoms with Gasteiger partial charge in [0.2, 0.25) is 12.6 Å². The van der Waals surface area contributed by atoms with Gasteiger partial charge < -0.3 is 114 Å². The highest BCUT2D eigenvalue weighted by atomic mass is 16.7. The number of carbonyl (C=O) groups excluding carboxylic acids is 1. The van der Waals surface area contributed by atoms with Gasteiger partial charge in [0.15, 0.2) is 29.9 Å². The predicted molar refractivity (Wildman–Crippen MR) is 200 cm³/mol. The molecule has 2 aromatic rings. The van der Waals surface area contributed by atoms with Crippen molar-refractivity contribution in [3.8, 4) is 28.7 Å². The van der Waals surface area contributed by atoms with Crippen LogP contribution in [0.3, 0.4) is 0 Å². The molecule has 0 radical (unpaired) electrons. The summed E-state index contributed by atoms with van der Waals surface area (Å²) in [7, 11) is 0. The molecule has 0 bridgehead atoms. The molecule has 0 aromatic heterocycles. The van der Waals surface area contributed by atoms with Gasteiger partial charge in [-0.3, -0.25) is 4.79 Å². The summed E-state index contributed by atoms with van der Waals surface area (Å²) in [6.07, 6.45) is -32.7. The summed E-state index contributed by atoms with van der Waals surface area (Å²) in [6.45, 7) is 1.74. The first-order valence-corrected chi connectivity index (χ1v) is 20.0. The number of phenols is 2. The molecule has 5 heterocycles. The van der Waals surface area contributed by atoms with Crippen LogP contribution in [0.5, 0.6) is 28.7 Å². The minimum Gasteiger partial charge on any atom is -0.507 e. The largest absolute Gasteiger partial charge is 0.507 e. The van der Waals surface area contributed by atoms with Crippen molar-refractivity contribution in [1.29, 1.82) is 0 Å². The molecule has 4 saturated heterocycles. The molecule has 5 aliphatic rings. The number of hydrogen-bond acceptors (Lipinski definition) is 24. The maximum absolute atomic E-state index is 13.3. The fourth-order valence-electron chi connectivity index (χ4n) is 7.75. The summed E-state index contributed by atoms with van der Waals surface area (Å²) in [4.78, 5) is 13.3. The fraction of sp³-hybridized carbons (Fsp3) is 0.667. The van der Waals surface area contributed by atoms with Crippen molar-refractivity contribution in [2.75, 3.05) is 13.2 Å². The van der Waals surface area contributed by atoms with E-state index in [9.17, 15) is 76.3 Å². The molecular formula is C39H52O24. The Bertz CT molecular complexity index is 1900. The number of phenolic OH excluding ortho intramolecular Hbond substituents is 2. The lowest BCUT2D eigenvalue weighted by Gasteiger charge is -2.42. The number of ketones is 1. The SMILES string of the molecule is C[C@@H]1O[C@@H](OC[C@H]2O[C@H](Oc3cc(O)c4c(c3)O[C@H](c3ccc(O[C@H]5O[C@@H](CO[C@H]6O[C@H](C)[C@@H](O)[C@H](O)[C@@H]6O)[C@H](O)[C@@H](O)[C@@H]5O)c(O)c3)CC4=O)[C@H](O)[C@@H](O)[C@@H]2O)[C@H](O)[C@H](O)[C@H]1O. The number of aromatic hydroxyl groups is 2. The molecule has 24 heteroatoms. The van der Waals surface area contributed by atoms with Crippen LogP contribution < -0.4 is 14.2 Å². The predicted octanol–water partition coefficient (Wildman–Crippen LogP) is -5.13. The maximum Gasteiger partial charge on any atom is 0.229 e. The molecule has 63 heavy (non-hydrogen) atoms. The molecule has 0 saturated carbocycles. The lowest BCUT2D eigenvalue weighted by atomic mass is 9.95. The summed E-state index contributed by atoms with van der Waals surface area (Å²) in [5.74, 6) is -2.42. The van der Waals surface area contributed by atoms with Gasteiger partial charge in [-0.1, -0.05) is 6.07 Å². The molecule has 0 aliphatic carbocycles. The Morgan fingerprint density at radius 1 is 0.540 bits per heavy atom. The van der Waals surface area contributed by atoms with E-state index in [0.717, 1.165) is 6.07 Å². The van der Waals surface area contributed by atoms with Crippen LogP contribution >= 0.6 is 0 Å². The van der Waals surface area contributed by atoms with Crippen LogP contribution in [-0.4, -0.2) is 213 Å². The minimum absolute atomic E-state index is 0.194. The molecule has 7 rings (SSSR count). The van der Waals surface area contributed by atoms with E-state index < -0.39 is 159 Å². The van der Waals surface area contributed by atoms with Gasteiger partial charge in [0.25, 0.3) is 0 Å². The Kier molecular flexibility index (Phi) is 14.3. The monoisotopic (exact) mass is 904 g/mol. The number of Topliss-reactive ketones (excluding diaryl/α,β-unsaturated/α-hetero) is 1. The smallest absolute Gasteiger partial charge is 0.229 e. The van der Waals surface area contributed by atoms with Gasteiger partial charge in [-0.2, -0.15) is 0 Å². The number of aliphatic hydroxyl groups excluding tert-OH is 12. The van der Waals surface area contributed by atoms with E-state index in [2.05, 4.69) is 0 Å². The Hall–Kier alpha value is -3.61. The summed E-state index contributed by atoms with van der Waals surface area (Å²) in [5, 5.41) is 146. The number of aliphatic hydroxyl groups is 12. The second kappa shape index (κ2) is 19.1. The third-order valence-electron chi connectivity index (χ3n) is 11.6.